The predicted octanol–water partition coefficient (Wildman–Crippen LogP) is 3.44. The smallest absolute Gasteiger partial charge is 0.222 e. The highest BCUT2D eigenvalue weighted by Gasteiger charge is 2.30. The van der Waals surface area contributed by atoms with Gasteiger partial charge in [-0.2, -0.15) is 0 Å². The van der Waals surface area contributed by atoms with Crippen molar-refractivity contribution >= 4 is 11.7 Å². The van der Waals surface area contributed by atoms with E-state index in [2.05, 4.69) is 30.9 Å². The number of carbonyl (C=O) groups excluding carboxylic acids is 1. The molecule has 0 saturated carbocycles. The Labute approximate surface area is 172 Å². The Balaban J connectivity index is 1.75. The Morgan fingerprint density at radius 2 is 1.86 bits per heavy atom. The third-order valence-electron chi connectivity index (χ3n) is 5.61. The van der Waals surface area contributed by atoms with Crippen LogP contribution in [0.25, 0.3) is 11.4 Å². The first-order valence-corrected chi connectivity index (χ1v) is 10.7. The van der Waals surface area contributed by atoms with Gasteiger partial charge in [0.05, 0.1) is 24.4 Å². The Morgan fingerprint density at radius 1 is 1.14 bits per heavy atom. The normalized spacial score (nSPS) is 21.8. The van der Waals surface area contributed by atoms with E-state index >= 15 is 0 Å². The van der Waals surface area contributed by atoms with E-state index in [0.717, 1.165) is 60.9 Å². The number of fused-ring (bicyclic) bond motifs is 1. The molecule has 1 saturated heterocycles. The fraction of sp³-hybridized carbons (Fsp3) is 0.522. The van der Waals surface area contributed by atoms with Crippen LogP contribution in [-0.4, -0.2) is 52.6 Å². The average molecular weight is 395 g/mol. The average Bonchev–Trinajstić information content (AvgIpc) is 2.72. The molecule has 6 heteroatoms. The summed E-state index contributed by atoms with van der Waals surface area (Å²) in [6, 6.07) is 10.1. The van der Waals surface area contributed by atoms with Crippen molar-refractivity contribution in [2.75, 3.05) is 24.5 Å². The van der Waals surface area contributed by atoms with Crippen LogP contribution < -0.4 is 4.90 Å². The van der Waals surface area contributed by atoms with E-state index in [0.29, 0.717) is 13.0 Å². The molecule has 2 aliphatic rings. The summed E-state index contributed by atoms with van der Waals surface area (Å²) in [5.74, 6) is 1.95. The molecule has 0 aliphatic carbocycles. The number of benzene rings is 1. The summed E-state index contributed by atoms with van der Waals surface area (Å²) in [5, 5.41) is 0. The van der Waals surface area contributed by atoms with Gasteiger partial charge in [-0.1, -0.05) is 37.3 Å². The SMILES string of the molecule is CCCC(=O)N1CCc2nc(-c3ccccc3)nc(N3CC(C)OC(C)C3)c2C1. The van der Waals surface area contributed by atoms with Crippen LogP contribution >= 0.6 is 0 Å². The van der Waals surface area contributed by atoms with Crippen LogP contribution in [0, 0.1) is 0 Å². The van der Waals surface area contributed by atoms with Crippen molar-refractivity contribution < 1.29 is 9.53 Å². The maximum atomic E-state index is 12.5. The zero-order valence-corrected chi connectivity index (χ0v) is 17.6. The summed E-state index contributed by atoms with van der Waals surface area (Å²) >= 11 is 0. The lowest BCUT2D eigenvalue weighted by atomic mass is 10.0. The van der Waals surface area contributed by atoms with Gasteiger partial charge in [0.15, 0.2) is 5.82 Å². The molecule has 6 nitrogen and oxygen atoms in total. The largest absolute Gasteiger partial charge is 0.372 e. The van der Waals surface area contributed by atoms with Crippen molar-refractivity contribution in [2.24, 2.45) is 0 Å². The lowest BCUT2D eigenvalue weighted by molar-refractivity contribution is -0.132. The van der Waals surface area contributed by atoms with Crippen LogP contribution in [-0.2, 0) is 22.5 Å². The molecule has 1 amide bonds. The molecule has 3 heterocycles. The van der Waals surface area contributed by atoms with Crippen molar-refractivity contribution in [3.63, 3.8) is 0 Å². The molecule has 0 N–H and O–H groups in total. The number of nitrogens with zero attached hydrogens (tertiary/aromatic N) is 4. The van der Waals surface area contributed by atoms with Gasteiger partial charge in [0.1, 0.15) is 5.82 Å². The first-order valence-electron chi connectivity index (χ1n) is 10.7. The summed E-state index contributed by atoms with van der Waals surface area (Å²) in [5.41, 5.74) is 3.19. The van der Waals surface area contributed by atoms with Crippen molar-refractivity contribution in [3.8, 4) is 11.4 Å². The molecular formula is C23H30N4O2. The Bertz CT molecular complexity index is 861. The Hall–Kier alpha value is -2.47. The summed E-state index contributed by atoms with van der Waals surface area (Å²) < 4.78 is 5.94. The van der Waals surface area contributed by atoms with E-state index in [1.165, 1.54) is 0 Å². The molecule has 0 radical (unpaired) electrons. The predicted molar refractivity (Wildman–Crippen MR) is 114 cm³/mol. The molecule has 29 heavy (non-hydrogen) atoms. The number of hydrogen-bond acceptors (Lipinski definition) is 5. The lowest BCUT2D eigenvalue weighted by Gasteiger charge is -2.39. The van der Waals surface area contributed by atoms with E-state index in [1.807, 2.05) is 30.0 Å². The van der Waals surface area contributed by atoms with E-state index in [-0.39, 0.29) is 18.1 Å². The highest BCUT2D eigenvalue weighted by Crippen LogP contribution is 2.31. The van der Waals surface area contributed by atoms with E-state index in [9.17, 15) is 4.79 Å². The summed E-state index contributed by atoms with van der Waals surface area (Å²) in [6.07, 6.45) is 2.53. The fourth-order valence-corrected chi connectivity index (χ4v) is 4.31. The second-order valence-corrected chi connectivity index (χ2v) is 8.14. The first kappa shape index (κ1) is 19.8. The maximum Gasteiger partial charge on any atom is 0.222 e. The fourth-order valence-electron chi connectivity index (χ4n) is 4.31. The number of anilines is 1. The standard InChI is InChI=1S/C23H30N4O2/c1-4-8-21(28)26-12-11-20-19(15-26)23(27-13-16(2)29-17(3)14-27)25-22(24-20)18-9-6-5-7-10-18/h5-7,9-10,16-17H,4,8,11-15H2,1-3H3. The number of amides is 1. The molecule has 2 aromatic rings. The van der Waals surface area contributed by atoms with Gasteiger partial charge in [-0.15, -0.1) is 0 Å². The van der Waals surface area contributed by atoms with Crippen molar-refractivity contribution in [1.29, 1.82) is 0 Å². The van der Waals surface area contributed by atoms with E-state index < -0.39 is 0 Å². The number of rotatable bonds is 4. The molecule has 0 bridgehead atoms. The lowest BCUT2D eigenvalue weighted by Crippen LogP contribution is -2.47. The number of aromatic nitrogens is 2. The highest BCUT2D eigenvalue weighted by molar-refractivity contribution is 5.77. The molecule has 0 spiro atoms. The first-order chi connectivity index (χ1) is 14.0. The van der Waals surface area contributed by atoms with Crippen molar-refractivity contribution in [1.82, 2.24) is 14.9 Å². The zero-order chi connectivity index (χ0) is 20.4. The zero-order valence-electron chi connectivity index (χ0n) is 17.6. The number of hydrogen-bond donors (Lipinski definition) is 0. The number of morpholine rings is 1. The molecule has 2 aliphatic heterocycles. The molecule has 4 rings (SSSR count). The maximum absolute atomic E-state index is 12.5. The summed E-state index contributed by atoms with van der Waals surface area (Å²) in [6.45, 7) is 9.17. The third kappa shape index (κ3) is 4.27. The Morgan fingerprint density at radius 3 is 2.55 bits per heavy atom. The molecule has 2 atom stereocenters. The van der Waals surface area contributed by atoms with E-state index in [4.69, 9.17) is 14.7 Å². The Kier molecular flexibility index (Phi) is 5.81. The van der Waals surface area contributed by atoms with Gasteiger partial charge in [-0.25, -0.2) is 9.97 Å². The topological polar surface area (TPSA) is 58.6 Å². The van der Waals surface area contributed by atoms with Gasteiger partial charge in [-0.3, -0.25) is 4.79 Å². The molecule has 1 aromatic carbocycles. The van der Waals surface area contributed by atoms with Crippen LogP contribution in [0.5, 0.6) is 0 Å². The second kappa shape index (κ2) is 8.49. The van der Waals surface area contributed by atoms with Crippen LogP contribution in [0.3, 0.4) is 0 Å². The van der Waals surface area contributed by atoms with Gasteiger partial charge >= 0.3 is 0 Å². The molecule has 154 valence electrons. The second-order valence-electron chi connectivity index (χ2n) is 8.14. The quantitative estimate of drug-likeness (QED) is 0.795. The molecule has 1 fully saturated rings. The number of carbonyl (C=O) groups is 1. The summed E-state index contributed by atoms with van der Waals surface area (Å²) in [4.78, 5) is 26.7. The molecule has 2 unspecified atom stereocenters. The van der Waals surface area contributed by atoms with Gasteiger partial charge in [0.2, 0.25) is 5.91 Å². The van der Waals surface area contributed by atoms with Gasteiger partial charge in [0.25, 0.3) is 0 Å². The van der Waals surface area contributed by atoms with Crippen molar-refractivity contribution in [3.05, 3.63) is 41.6 Å². The van der Waals surface area contributed by atoms with Crippen LogP contribution in [0.1, 0.15) is 44.9 Å². The molecular weight excluding hydrogens is 364 g/mol. The minimum atomic E-state index is 0.144. The minimum Gasteiger partial charge on any atom is -0.372 e. The van der Waals surface area contributed by atoms with Crippen LogP contribution in [0.15, 0.2) is 30.3 Å². The highest BCUT2D eigenvalue weighted by atomic mass is 16.5. The van der Waals surface area contributed by atoms with Crippen molar-refractivity contribution in [2.45, 2.75) is 58.8 Å². The van der Waals surface area contributed by atoms with Crippen LogP contribution in [0.2, 0.25) is 0 Å². The number of ether oxygens (including phenoxy) is 1. The minimum absolute atomic E-state index is 0.144. The third-order valence-corrected chi connectivity index (χ3v) is 5.61. The van der Waals surface area contributed by atoms with Gasteiger partial charge in [-0.05, 0) is 20.3 Å². The van der Waals surface area contributed by atoms with Gasteiger partial charge < -0.3 is 14.5 Å². The van der Waals surface area contributed by atoms with Gasteiger partial charge in [0, 0.05) is 43.6 Å². The monoisotopic (exact) mass is 394 g/mol. The van der Waals surface area contributed by atoms with E-state index in [1.54, 1.807) is 0 Å². The summed E-state index contributed by atoms with van der Waals surface area (Å²) in [7, 11) is 0. The van der Waals surface area contributed by atoms with Crippen LogP contribution in [0.4, 0.5) is 5.82 Å². The molecule has 1 aromatic heterocycles.